The van der Waals surface area contributed by atoms with E-state index in [-0.39, 0.29) is 77.2 Å². The number of nitrogens with zero attached hydrogens (tertiary/aromatic N) is 5. The van der Waals surface area contributed by atoms with Crippen molar-refractivity contribution in [1.29, 1.82) is 0 Å². The molecular weight excluding hydrogens is 1780 g/mol. The highest BCUT2D eigenvalue weighted by molar-refractivity contribution is 7.95. The highest BCUT2D eigenvalue weighted by atomic mass is 35.5. The van der Waals surface area contributed by atoms with E-state index >= 15 is 0 Å². The largest absolute Gasteiger partial charge is 0.389 e. The van der Waals surface area contributed by atoms with E-state index in [9.17, 15) is 84.0 Å². The molecule has 3 aromatic carbocycles. The standard InChI is InChI=1S/C19H22N2O4S2.C18H27ClN2O4S.C17H28N2O5S.C16H25F3N2O4S.C12H17ClN2O3S.CH4/c1-19(2,27(24,25)15-7-4-3-5-8-15)18(23)21-12-10-20(11-13-21)17(22)16-9-6-14-26-16;1-13-11-21(12-14(2)25-13)10-9-20-17(22)18(3,4)26(23,24)16-7-5-15(19)6-8-16;1-16(2,3)14-10-12(24-19-14)11-18-15(20)17(4,5)25(21,22)13-6-8-23-9-7-13;1-14(2,3)12-9-11(25-21-12)10-20-13(22)15(4,5)26(23,24)8-6-7-16(17,18)19;1-12(2,11(16)15-8-7-14)19(17,18)10-5-3-9(13)4-6-10;/h3-9,14H,10-13H2,1-2H3;5-8,13-14H,9-12H2,1-4H3,(H,20,22);10,13H,6-9,11H2,1-5H3,(H,18,20);9H,6-8,10H2,1-5H3,(H,20,22);3-6H,7-8,14H2,1-2H3,(H,15,16);1H4/t;13-,14+;;;;. The number of amides is 6. The molecule has 6 aromatic rings. The van der Waals surface area contributed by atoms with Crippen molar-refractivity contribution in [2.24, 2.45) is 5.73 Å². The molecule has 6 amide bonds. The van der Waals surface area contributed by atoms with Crippen LogP contribution in [0.3, 0.4) is 0 Å². The average molecular weight is 1900 g/mol. The van der Waals surface area contributed by atoms with Crippen molar-refractivity contribution in [1.82, 2.24) is 46.3 Å². The van der Waals surface area contributed by atoms with E-state index in [0.29, 0.717) is 97.5 Å². The van der Waals surface area contributed by atoms with Crippen LogP contribution in [0.25, 0.3) is 0 Å². The van der Waals surface area contributed by atoms with Crippen LogP contribution in [-0.2, 0) is 107 Å². The summed E-state index contributed by atoms with van der Waals surface area (Å²) in [5.74, 6) is -2.78. The Morgan fingerprint density at radius 2 is 0.927 bits per heavy atom. The molecule has 6 N–H and O–H groups in total. The van der Waals surface area contributed by atoms with Gasteiger partial charge in [-0.15, -0.1) is 11.3 Å². The molecule has 3 aromatic heterocycles. The Labute approximate surface area is 743 Å². The fraction of sp³-hybridized carbons (Fsp3) is 0.590. The first-order chi connectivity index (χ1) is 56.5. The lowest BCUT2D eigenvalue weighted by atomic mass is 9.92. The van der Waals surface area contributed by atoms with Crippen LogP contribution >= 0.6 is 34.5 Å². The van der Waals surface area contributed by atoms with Gasteiger partial charge in [0.2, 0.25) is 29.5 Å². The highest BCUT2D eigenvalue weighted by Crippen LogP contribution is 2.34. The number of hydrogen-bond acceptors (Lipinski definition) is 25. The number of hydrogen-bond donors (Lipinski definition) is 5. The minimum Gasteiger partial charge on any atom is -0.381 e. The fourth-order valence-electron chi connectivity index (χ4n) is 12.2. The summed E-state index contributed by atoms with van der Waals surface area (Å²) >= 11 is 12.9. The van der Waals surface area contributed by atoms with E-state index in [1.807, 2.05) is 66.8 Å². The lowest BCUT2D eigenvalue weighted by molar-refractivity contribution is -0.135. The Morgan fingerprint density at radius 3 is 1.33 bits per heavy atom. The molecule has 0 spiro atoms. The number of halogens is 5. The van der Waals surface area contributed by atoms with Gasteiger partial charge in [-0.2, -0.15) is 13.2 Å². The first-order valence-corrected chi connectivity index (χ1v) is 49.0. The molecule has 696 valence electrons. The van der Waals surface area contributed by atoms with E-state index < -0.39 is 132 Å². The Bertz CT molecular complexity index is 5110. The van der Waals surface area contributed by atoms with Crippen LogP contribution in [0.2, 0.25) is 10.0 Å². The van der Waals surface area contributed by atoms with Crippen LogP contribution in [-0.4, -0.2) is 234 Å². The molecule has 0 bridgehead atoms. The van der Waals surface area contributed by atoms with Gasteiger partial charge in [0.15, 0.2) is 60.7 Å². The molecule has 3 saturated heterocycles. The van der Waals surface area contributed by atoms with Crippen LogP contribution in [0.15, 0.2) is 132 Å². The maximum absolute atomic E-state index is 13.0. The Hall–Kier alpha value is -7.44. The minimum atomic E-state index is -4.43. The van der Waals surface area contributed by atoms with Crippen molar-refractivity contribution in [3.8, 4) is 0 Å². The van der Waals surface area contributed by atoms with E-state index in [4.69, 9.17) is 47.5 Å². The van der Waals surface area contributed by atoms with Crippen molar-refractivity contribution < 1.29 is 103 Å². The van der Waals surface area contributed by atoms with Gasteiger partial charge in [-0.25, -0.2) is 42.1 Å². The number of rotatable bonds is 27. The first kappa shape index (κ1) is 109. The molecule has 30 nitrogen and oxygen atoms in total. The average Bonchev–Trinajstić information content (AvgIpc) is 0.853. The highest BCUT2D eigenvalue weighted by Gasteiger charge is 2.50. The lowest BCUT2D eigenvalue weighted by Gasteiger charge is -2.38. The second-order valence-corrected chi connectivity index (χ2v) is 49.0. The van der Waals surface area contributed by atoms with Gasteiger partial charge in [0.1, 0.15) is 23.7 Å². The normalized spacial score (nSPS) is 16.3. The van der Waals surface area contributed by atoms with Crippen molar-refractivity contribution in [2.45, 2.75) is 244 Å². The fourth-order valence-corrected chi connectivity index (χ4v) is 20.7. The van der Waals surface area contributed by atoms with Gasteiger partial charge in [-0.05, 0) is 174 Å². The number of piperazine rings is 1. The van der Waals surface area contributed by atoms with Gasteiger partial charge in [-0.1, -0.05) is 107 Å². The van der Waals surface area contributed by atoms with E-state index in [1.165, 1.54) is 141 Å². The minimum absolute atomic E-state index is 0. The zero-order valence-corrected chi connectivity index (χ0v) is 79.3. The molecule has 3 fully saturated rings. The summed E-state index contributed by atoms with van der Waals surface area (Å²) < 4.78 is 176. The third-order valence-electron chi connectivity index (χ3n) is 20.7. The third kappa shape index (κ3) is 28.8. The summed E-state index contributed by atoms with van der Waals surface area (Å²) in [6, 6.07) is 26.6. The van der Waals surface area contributed by atoms with Crippen molar-refractivity contribution in [3.63, 3.8) is 0 Å². The smallest absolute Gasteiger partial charge is 0.381 e. The monoisotopic (exact) mass is 1900 g/mol. The SMILES string of the molecule is C.CC(C)(C(=O)N1CCN(C(=O)c2cccs2)CC1)S(=O)(=O)c1ccccc1.CC(C)(C(=O)NCCN)S(=O)(=O)c1ccc(Cl)cc1.CC(C)(C)c1cc(CNC(=O)C(C)(C)S(=O)(=O)C2CCOCC2)on1.CC(C)(C)c1cc(CNC(=O)C(C)(C)S(=O)(=O)CCCC(F)(F)F)on1.C[C@@H]1CN(CCNC(=O)C(C)(C)S(=O)(=O)c2ccc(Cl)cc2)C[C@H](C)O1. The van der Waals surface area contributed by atoms with Gasteiger partial charge in [0.25, 0.3) is 5.91 Å². The molecule has 2 atom stereocenters. The van der Waals surface area contributed by atoms with Gasteiger partial charge in [0.05, 0.1) is 67.3 Å². The summed E-state index contributed by atoms with van der Waals surface area (Å²) in [4.78, 5) is 81.1. The predicted molar refractivity (Wildman–Crippen MR) is 472 cm³/mol. The van der Waals surface area contributed by atoms with Crippen LogP contribution in [0.4, 0.5) is 13.2 Å². The maximum Gasteiger partial charge on any atom is 0.389 e. The second kappa shape index (κ2) is 44.5. The molecule has 0 radical (unpaired) electrons. The van der Waals surface area contributed by atoms with E-state index in [1.54, 1.807) is 46.2 Å². The Balaban J connectivity index is 0.000000326. The number of thiophene rings is 1. The molecule has 0 aliphatic carbocycles. The summed E-state index contributed by atoms with van der Waals surface area (Å²) in [7, 11) is -19.1. The second-order valence-electron chi connectivity index (χ2n) is 34.3. The number of morpholine rings is 1. The first-order valence-electron chi connectivity index (χ1n) is 39.7. The number of nitrogens with two attached hydrogens (primary N) is 1. The van der Waals surface area contributed by atoms with Crippen molar-refractivity contribution in [2.75, 3.05) is 84.4 Å². The number of carbonyl (C=O) groups excluding carboxylic acids is 6. The molecule has 41 heteroatoms. The number of sulfone groups is 5. The maximum atomic E-state index is 13.0. The van der Waals surface area contributed by atoms with Crippen LogP contribution < -0.4 is 27.0 Å². The van der Waals surface area contributed by atoms with Gasteiger partial charge in [-0.3, -0.25) is 33.7 Å². The number of ether oxygens (including phenoxy) is 2. The van der Waals surface area contributed by atoms with Crippen LogP contribution in [0, 0.1) is 0 Å². The van der Waals surface area contributed by atoms with Gasteiger partial charge < -0.3 is 55.3 Å². The van der Waals surface area contributed by atoms with Crippen LogP contribution in [0.1, 0.15) is 190 Å². The zero-order valence-electron chi connectivity index (χ0n) is 72.9. The summed E-state index contributed by atoms with van der Waals surface area (Å²) in [5.41, 5.74) is 6.34. The molecule has 0 saturated carbocycles. The molecule has 6 heterocycles. The summed E-state index contributed by atoms with van der Waals surface area (Å²) in [6.07, 6.45) is -5.07. The molecule has 3 aliphatic rings. The predicted octanol–water partition coefficient (Wildman–Crippen LogP) is 11.1. The third-order valence-corrected chi connectivity index (χ3v) is 34.9. The molecule has 3 aliphatic heterocycles. The van der Waals surface area contributed by atoms with E-state index in [0.717, 1.165) is 18.8 Å². The molecule has 0 unspecified atom stereocenters. The summed E-state index contributed by atoms with van der Waals surface area (Å²) in [5, 5.41) is 20.4. The number of nitrogens with one attached hydrogen (secondary N) is 4. The van der Waals surface area contributed by atoms with Gasteiger partial charge in [0, 0.05) is 118 Å². The van der Waals surface area contributed by atoms with Crippen molar-refractivity contribution in [3.05, 3.63) is 146 Å². The Kier molecular flexibility index (Phi) is 39.1. The Morgan fingerprint density at radius 1 is 0.524 bits per heavy atom. The van der Waals surface area contributed by atoms with Crippen molar-refractivity contribution >= 4 is 119 Å². The lowest BCUT2D eigenvalue weighted by Crippen LogP contribution is -2.57. The zero-order chi connectivity index (χ0) is 93.1. The van der Waals surface area contributed by atoms with Gasteiger partial charge >= 0.3 is 6.18 Å². The molecule has 124 heavy (non-hydrogen) atoms. The number of aromatic nitrogens is 2. The molecular formula is C83H123Cl2F3N10O20S6. The molecule has 9 rings (SSSR count). The van der Waals surface area contributed by atoms with Crippen LogP contribution in [0.5, 0.6) is 0 Å². The summed E-state index contributed by atoms with van der Waals surface area (Å²) in [6.45, 7) is 35.0. The number of alkyl halides is 3. The number of benzene rings is 3. The quantitative estimate of drug-likeness (QED) is 0.0320. The topological polar surface area (TPSA) is 427 Å². The van der Waals surface area contributed by atoms with E-state index in [2.05, 4.69) is 36.5 Å². The number of carbonyl (C=O) groups is 6.